The van der Waals surface area contributed by atoms with Crippen molar-refractivity contribution < 1.29 is 9.59 Å². The van der Waals surface area contributed by atoms with E-state index in [-0.39, 0.29) is 23.9 Å². The van der Waals surface area contributed by atoms with Crippen molar-refractivity contribution in [3.05, 3.63) is 107 Å². The van der Waals surface area contributed by atoms with Gasteiger partial charge in [-0.15, -0.1) is 0 Å². The van der Waals surface area contributed by atoms with E-state index in [2.05, 4.69) is 0 Å². The predicted octanol–water partition coefficient (Wildman–Crippen LogP) is 5.86. The molecule has 0 N–H and O–H groups in total. The molecule has 2 amide bonds. The summed E-state index contributed by atoms with van der Waals surface area (Å²) in [5.74, 6) is 0.0341. The van der Waals surface area contributed by atoms with Crippen LogP contribution in [0.25, 0.3) is 0 Å². The molecule has 0 radical (unpaired) electrons. The highest BCUT2D eigenvalue weighted by molar-refractivity contribution is 6.06. The summed E-state index contributed by atoms with van der Waals surface area (Å²) in [6.45, 7) is 3.73. The average Bonchev–Trinajstić information content (AvgIpc) is 3.59. The lowest BCUT2D eigenvalue weighted by molar-refractivity contribution is -0.133. The molecule has 6 heteroatoms. The zero-order chi connectivity index (χ0) is 25.1. The monoisotopic (exact) mass is 478 g/mol. The Morgan fingerprint density at radius 1 is 0.639 bits per heavy atom. The van der Waals surface area contributed by atoms with Crippen molar-refractivity contribution >= 4 is 23.2 Å². The second kappa shape index (κ2) is 10.3. The summed E-state index contributed by atoms with van der Waals surface area (Å²) in [4.78, 5) is 25.3. The van der Waals surface area contributed by atoms with Crippen LogP contribution in [-0.2, 0) is 9.59 Å². The van der Waals surface area contributed by atoms with E-state index in [1.54, 1.807) is 10.0 Å². The molecule has 2 heterocycles. The molecule has 2 atom stereocenters. The molecule has 182 valence electrons. The second-order valence-corrected chi connectivity index (χ2v) is 9.12. The number of nitrogens with zero attached hydrogens (tertiary/aromatic N) is 4. The molecule has 0 aromatic heterocycles. The zero-order valence-corrected chi connectivity index (χ0v) is 20.7. The number of hydrogen-bond donors (Lipinski definition) is 0. The lowest BCUT2D eigenvalue weighted by atomic mass is 9.95. The van der Waals surface area contributed by atoms with Gasteiger partial charge in [-0.2, -0.15) is 10.2 Å². The number of benzene rings is 3. The number of rotatable bonds is 6. The van der Waals surface area contributed by atoms with Crippen LogP contribution >= 0.6 is 0 Å². The molecular formula is C30H30N4O2. The maximum Gasteiger partial charge on any atom is 0.242 e. The van der Waals surface area contributed by atoms with Crippen LogP contribution in [0.5, 0.6) is 0 Å². The Hall–Kier alpha value is -4.06. The van der Waals surface area contributed by atoms with Gasteiger partial charge in [0.1, 0.15) is 0 Å². The molecule has 5 rings (SSSR count). The van der Waals surface area contributed by atoms with Crippen LogP contribution in [-0.4, -0.2) is 33.3 Å². The Morgan fingerprint density at radius 2 is 1.00 bits per heavy atom. The molecule has 0 spiro atoms. The van der Waals surface area contributed by atoms with Crippen LogP contribution in [0.2, 0.25) is 0 Å². The summed E-state index contributed by atoms with van der Waals surface area (Å²) in [5.41, 5.74) is 5.95. The van der Waals surface area contributed by atoms with Gasteiger partial charge < -0.3 is 0 Å². The fraction of sp³-hybridized carbons (Fsp3) is 0.267. The van der Waals surface area contributed by atoms with Gasteiger partial charge in [0.15, 0.2) is 0 Å². The van der Waals surface area contributed by atoms with Gasteiger partial charge in [-0.1, -0.05) is 98.8 Å². The summed E-state index contributed by atoms with van der Waals surface area (Å²) in [7, 11) is 0. The van der Waals surface area contributed by atoms with Crippen molar-refractivity contribution in [3.8, 4) is 0 Å². The number of hydrogen-bond acceptors (Lipinski definition) is 4. The first-order valence-electron chi connectivity index (χ1n) is 12.6. The highest BCUT2D eigenvalue weighted by Crippen LogP contribution is 2.35. The maximum absolute atomic E-state index is 12.6. The van der Waals surface area contributed by atoms with E-state index >= 15 is 0 Å². The normalized spacial score (nSPS) is 19.3. The van der Waals surface area contributed by atoms with Gasteiger partial charge >= 0.3 is 0 Å². The fourth-order valence-corrected chi connectivity index (χ4v) is 4.88. The van der Waals surface area contributed by atoms with Crippen LogP contribution in [0.3, 0.4) is 0 Å². The molecule has 2 aliphatic rings. The molecule has 0 bridgehead atoms. The lowest BCUT2D eigenvalue weighted by Crippen LogP contribution is -2.26. The number of amides is 2. The van der Waals surface area contributed by atoms with Crippen LogP contribution in [0.4, 0.5) is 0 Å². The molecule has 6 nitrogen and oxygen atoms in total. The van der Waals surface area contributed by atoms with Crippen LogP contribution in [0.1, 0.15) is 73.9 Å². The number of hydrazone groups is 2. The van der Waals surface area contributed by atoms with Gasteiger partial charge in [0, 0.05) is 25.7 Å². The van der Waals surface area contributed by atoms with Crippen molar-refractivity contribution in [1.29, 1.82) is 0 Å². The van der Waals surface area contributed by atoms with E-state index in [1.807, 2.05) is 98.8 Å². The molecule has 36 heavy (non-hydrogen) atoms. The summed E-state index contributed by atoms with van der Waals surface area (Å²) >= 11 is 0. The standard InChI is InChI=1S/C30H30N4O2/c1-3-29(35)33-27(23-11-7-5-8-12-23)19-25(31-33)21-15-17-22(18-16-21)26-20-28(24-13-9-6-10-14-24)34(32-26)30(36)4-2/h5-18,27-28H,3-4,19-20H2,1-2H3. The van der Waals surface area contributed by atoms with Crippen molar-refractivity contribution in [3.63, 3.8) is 0 Å². The molecule has 0 aliphatic carbocycles. The van der Waals surface area contributed by atoms with E-state index < -0.39 is 0 Å². The Morgan fingerprint density at radius 3 is 1.33 bits per heavy atom. The highest BCUT2D eigenvalue weighted by Gasteiger charge is 2.34. The summed E-state index contributed by atoms with van der Waals surface area (Å²) in [5, 5.41) is 12.7. The summed E-state index contributed by atoms with van der Waals surface area (Å²) in [6.07, 6.45) is 2.17. The fourth-order valence-electron chi connectivity index (χ4n) is 4.88. The molecular weight excluding hydrogens is 448 g/mol. The van der Waals surface area contributed by atoms with Gasteiger partial charge in [0.25, 0.3) is 0 Å². The number of carbonyl (C=O) groups excluding carboxylic acids is 2. The first-order valence-corrected chi connectivity index (χ1v) is 12.6. The van der Waals surface area contributed by atoms with Crippen molar-refractivity contribution in [1.82, 2.24) is 10.0 Å². The maximum atomic E-state index is 12.6. The quantitative estimate of drug-likeness (QED) is 0.445. The first kappa shape index (κ1) is 23.7. The average molecular weight is 479 g/mol. The minimum atomic E-state index is -0.0900. The Kier molecular flexibility index (Phi) is 6.76. The topological polar surface area (TPSA) is 65.3 Å². The van der Waals surface area contributed by atoms with Gasteiger partial charge in [0.05, 0.1) is 23.5 Å². The minimum absolute atomic E-state index is 0.0171. The molecule has 3 aromatic rings. The smallest absolute Gasteiger partial charge is 0.242 e. The molecule has 3 aromatic carbocycles. The Balaban J connectivity index is 1.39. The molecule has 2 aliphatic heterocycles. The zero-order valence-electron chi connectivity index (χ0n) is 20.7. The van der Waals surface area contributed by atoms with Crippen molar-refractivity contribution in [2.24, 2.45) is 10.2 Å². The third kappa shape index (κ3) is 4.59. The third-order valence-electron chi connectivity index (χ3n) is 6.86. The lowest BCUT2D eigenvalue weighted by Gasteiger charge is -2.21. The van der Waals surface area contributed by atoms with Crippen LogP contribution < -0.4 is 0 Å². The first-order chi connectivity index (χ1) is 17.6. The van der Waals surface area contributed by atoms with E-state index in [9.17, 15) is 9.59 Å². The summed E-state index contributed by atoms with van der Waals surface area (Å²) < 4.78 is 0. The predicted molar refractivity (Wildman–Crippen MR) is 141 cm³/mol. The summed E-state index contributed by atoms with van der Waals surface area (Å²) in [6, 6.07) is 28.1. The van der Waals surface area contributed by atoms with E-state index in [0.717, 1.165) is 33.7 Å². The van der Waals surface area contributed by atoms with E-state index in [1.165, 1.54) is 0 Å². The minimum Gasteiger partial charge on any atom is -0.273 e. The largest absolute Gasteiger partial charge is 0.273 e. The molecule has 0 fully saturated rings. The van der Waals surface area contributed by atoms with Gasteiger partial charge in [-0.3, -0.25) is 9.59 Å². The second-order valence-electron chi connectivity index (χ2n) is 9.12. The number of carbonyl (C=O) groups is 2. The van der Waals surface area contributed by atoms with Gasteiger partial charge in [-0.05, 0) is 22.3 Å². The van der Waals surface area contributed by atoms with Crippen molar-refractivity contribution in [2.75, 3.05) is 0 Å². The SMILES string of the molecule is CCC(=O)N1N=C(c2ccc(C3=NN(C(=O)CC)C(c4ccccc4)C3)cc2)CC1c1ccccc1. The highest BCUT2D eigenvalue weighted by atomic mass is 16.2. The van der Waals surface area contributed by atoms with E-state index in [4.69, 9.17) is 10.2 Å². The Bertz CT molecular complexity index is 1200. The molecule has 2 unspecified atom stereocenters. The van der Waals surface area contributed by atoms with Crippen molar-refractivity contribution in [2.45, 2.75) is 51.6 Å². The van der Waals surface area contributed by atoms with Gasteiger partial charge in [-0.25, -0.2) is 10.0 Å². The molecule has 0 saturated heterocycles. The van der Waals surface area contributed by atoms with Crippen LogP contribution in [0, 0.1) is 0 Å². The molecule has 0 saturated carbocycles. The van der Waals surface area contributed by atoms with E-state index in [0.29, 0.717) is 25.7 Å². The third-order valence-corrected chi connectivity index (χ3v) is 6.86. The van der Waals surface area contributed by atoms with Crippen LogP contribution in [0.15, 0.2) is 95.1 Å². The Labute approximate surface area is 211 Å². The van der Waals surface area contributed by atoms with Gasteiger partial charge in [0.2, 0.25) is 11.8 Å².